The lowest BCUT2D eigenvalue weighted by Crippen LogP contribution is -2.20. The largest absolute Gasteiger partial charge is 0.355 e. The fraction of sp³-hybridized carbons (Fsp3) is 0.667. The minimum Gasteiger partial charge on any atom is -0.355 e. The van der Waals surface area contributed by atoms with Gasteiger partial charge in [-0.25, -0.2) is 4.98 Å². The molecule has 1 aromatic heterocycles. The molecule has 1 aliphatic heterocycles. The second-order valence-electron chi connectivity index (χ2n) is 4.97. The van der Waals surface area contributed by atoms with Crippen LogP contribution in [-0.2, 0) is 13.1 Å². The zero-order valence-electron chi connectivity index (χ0n) is 9.88. The van der Waals surface area contributed by atoms with Gasteiger partial charge in [0.15, 0.2) is 0 Å². The van der Waals surface area contributed by atoms with Crippen LogP contribution >= 0.6 is 0 Å². The molecular weight excluding hydrogens is 216 g/mol. The molecule has 1 saturated carbocycles. The van der Waals surface area contributed by atoms with Gasteiger partial charge in [0.1, 0.15) is 0 Å². The molecule has 0 spiro atoms. The minimum absolute atomic E-state index is 0.00563. The molecule has 0 atom stereocenters. The van der Waals surface area contributed by atoms with Crippen molar-refractivity contribution in [1.29, 1.82) is 0 Å². The van der Waals surface area contributed by atoms with E-state index < -0.39 is 0 Å². The number of rotatable bonds is 3. The summed E-state index contributed by atoms with van der Waals surface area (Å²) in [5.41, 5.74) is 1.67. The Hall–Kier alpha value is -1.36. The average Bonchev–Trinajstić information content (AvgIpc) is 2.97. The van der Waals surface area contributed by atoms with E-state index in [0.29, 0.717) is 19.0 Å². The van der Waals surface area contributed by atoms with Gasteiger partial charge in [-0.1, -0.05) is 12.8 Å². The van der Waals surface area contributed by atoms with Gasteiger partial charge in [-0.3, -0.25) is 9.78 Å². The smallest absolute Gasteiger partial charge is 0.257 e. The van der Waals surface area contributed by atoms with Crippen LogP contribution in [0.1, 0.15) is 36.9 Å². The Balaban J connectivity index is 1.71. The summed E-state index contributed by atoms with van der Waals surface area (Å²) in [6.45, 7) is 2.27. The third kappa shape index (κ3) is 2.20. The number of fused-ring (bicyclic) bond motifs is 1. The summed E-state index contributed by atoms with van der Waals surface area (Å²) in [5.74, 6) is 1.37. The maximum atomic E-state index is 11.8. The summed E-state index contributed by atoms with van der Waals surface area (Å²) < 4.78 is 0. The van der Waals surface area contributed by atoms with Crippen molar-refractivity contribution in [2.24, 2.45) is 5.92 Å². The quantitative estimate of drug-likeness (QED) is 0.729. The van der Waals surface area contributed by atoms with Crippen LogP contribution in [0.15, 0.2) is 4.79 Å². The first-order valence-electron chi connectivity index (χ1n) is 6.39. The molecule has 1 aliphatic carbocycles. The van der Waals surface area contributed by atoms with Crippen molar-refractivity contribution in [2.45, 2.75) is 38.8 Å². The topological polar surface area (TPSA) is 69.8 Å². The van der Waals surface area contributed by atoms with E-state index in [9.17, 15) is 4.79 Å². The molecule has 3 rings (SSSR count). The van der Waals surface area contributed by atoms with Crippen LogP contribution in [0.3, 0.4) is 0 Å². The lowest BCUT2D eigenvalue weighted by molar-refractivity contribution is 0.577. The molecule has 1 aromatic rings. The highest BCUT2D eigenvalue weighted by atomic mass is 16.1. The maximum Gasteiger partial charge on any atom is 0.257 e. The molecule has 0 unspecified atom stereocenters. The molecule has 92 valence electrons. The van der Waals surface area contributed by atoms with Crippen LogP contribution in [0, 0.1) is 5.92 Å². The molecule has 2 heterocycles. The van der Waals surface area contributed by atoms with Crippen molar-refractivity contribution in [3.63, 3.8) is 0 Å². The van der Waals surface area contributed by atoms with E-state index in [2.05, 4.69) is 20.6 Å². The number of nitrogens with one attached hydrogen (secondary N) is 3. The van der Waals surface area contributed by atoms with E-state index in [1.165, 1.54) is 25.7 Å². The summed E-state index contributed by atoms with van der Waals surface area (Å²) in [4.78, 5) is 19.0. The van der Waals surface area contributed by atoms with E-state index in [-0.39, 0.29) is 5.56 Å². The van der Waals surface area contributed by atoms with Crippen LogP contribution in [0.2, 0.25) is 0 Å². The number of hydrogen-bond donors (Lipinski definition) is 3. The SMILES string of the molecule is O=c1[nH]c(NCC2CCCC2)nc2c1CNC2. The molecule has 2 aliphatic rings. The van der Waals surface area contributed by atoms with Gasteiger partial charge in [-0.15, -0.1) is 0 Å². The summed E-state index contributed by atoms with van der Waals surface area (Å²) in [7, 11) is 0. The van der Waals surface area contributed by atoms with Crippen LogP contribution in [-0.4, -0.2) is 16.5 Å². The van der Waals surface area contributed by atoms with Gasteiger partial charge in [-0.05, 0) is 18.8 Å². The molecule has 0 saturated heterocycles. The first-order valence-corrected chi connectivity index (χ1v) is 6.39. The van der Waals surface area contributed by atoms with E-state index in [0.717, 1.165) is 23.7 Å². The van der Waals surface area contributed by atoms with Crippen molar-refractivity contribution in [3.8, 4) is 0 Å². The van der Waals surface area contributed by atoms with E-state index >= 15 is 0 Å². The van der Waals surface area contributed by atoms with E-state index in [1.807, 2.05) is 0 Å². The fourth-order valence-electron chi connectivity index (χ4n) is 2.72. The Kier molecular flexibility index (Phi) is 2.84. The molecule has 1 fully saturated rings. The number of H-pyrrole nitrogens is 1. The highest BCUT2D eigenvalue weighted by molar-refractivity contribution is 5.31. The Bertz CT molecular complexity index is 462. The van der Waals surface area contributed by atoms with Crippen molar-refractivity contribution in [1.82, 2.24) is 15.3 Å². The van der Waals surface area contributed by atoms with Gasteiger partial charge in [0.2, 0.25) is 5.95 Å². The number of anilines is 1. The normalized spacial score (nSPS) is 19.5. The van der Waals surface area contributed by atoms with Gasteiger partial charge in [0.25, 0.3) is 5.56 Å². The monoisotopic (exact) mass is 234 g/mol. The standard InChI is InChI=1S/C12H18N4O/c17-11-9-6-13-7-10(9)15-12(16-11)14-5-8-3-1-2-4-8/h8,13H,1-7H2,(H2,14,15,16,17). The highest BCUT2D eigenvalue weighted by Gasteiger charge is 2.18. The number of nitrogens with zero attached hydrogens (tertiary/aromatic N) is 1. The van der Waals surface area contributed by atoms with Crippen LogP contribution in [0.25, 0.3) is 0 Å². The Morgan fingerprint density at radius 2 is 2.12 bits per heavy atom. The van der Waals surface area contributed by atoms with Crippen LogP contribution in [0.5, 0.6) is 0 Å². The molecule has 3 N–H and O–H groups in total. The van der Waals surface area contributed by atoms with Crippen LogP contribution < -0.4 is 16.2 Å². The van der Waals surface area contributed by atoms with Gasteiger partial charge in [-0.2, -0.15) is 0 Å². The summed E-state index contributed by atoms with van der Waals surface area (Å²) in [6.07, 6.45) is 5.27. The van der Waals surface area contributed by atoms with Crippen molar-refractivity contribution >= 4 is 5.95 Å². The van der Waals surface area contributed by atoms with E-state index in [4.69, 9.17) is 0 Å². The maximum absolute atomic E-state index is 11.8. The van der Waals surface area contributed by atoms with Crippen molar-refractivity contribution in [3.05, 3.63) is 21.6 Å². The minimum atomic E-state index is -0.00563. The van der Waals surface area contributed by atoms with Crippen molar-refractivity contribution in [2.75, 3.05) is 11.9 Å². The predicted molar refractivity (Wildman–Crippen MR) is 65.8 cm³/mol. The Morgan fingerprint density at radius 3 is 2.94 bits per heavy atom. The molecule has 17 heavy (non-hydrogen) atoms. The molecule has 0 radical (unpaired) electrons. The predicted octanol–water partition coefficient (Wildman–Crippen LogP) is 0.975. The van der Waals surface area contributed by atoms with Gasteiger partial charge < -0.3 is 10.6 Å². The third-order valence-electron chi connectivity index (χ3n) is 3.73. The summed E-state index contributed by atoms with van der Waals surface area (Å²) >= 11 is 0. The first-order chi connectivity index (χ1) is 8.33. The Labute approximate surface area is 100 Å². The third-order valence-corrected chi connectivity index (χ3v) is 3.73. The van der Waals surface area contributed by atoms with E-state index in [1.54, 1.807) is 0 Å². The molecular formula is C12H18N4O. The zero-order valence-corrected chi connectivity index (χ0v) is 9.88. The molecule has 5 heteroatoms. The van der Waals surface area contributed by atoms with Crippen molar-refractivity contribution < 1.29 is 0 Å². The highest BCUT2D eigenvalue weighted by Crippen LogP contribution is 2.24. The number of aromatic amines is 1. The second-order valence-corrected chi connectivity index (χ2v) is 4.97. The van der Waals surface area contributed by atoms with Gasteiger partial charge in [0.05, 0.1) is 11.3 Å². The number of hydrogen-bond acceptors (Lipinski definition) is 4. The number of aromatic nitrogens is 2. The average molecular weight is 234 g/mol. The Morgan fingerprint density at radius 1 is 1.29 bits per heavy atom. The summed E-state index contributed by atoms with van der Waals surface area (Å²) in [6, 6.07) is 0. The molecule has 5 nitrogen and oxygen atoms in total. The van der Waals surface area contributed by atoms with Gasteiger partial charge >= 0.3 is 0 Å². The second kappa shape index (κ2) is 4.49. The first kappa shape index (κ1) is 10.8. The lowest BCUT2D eigenvalue weighted by Gasteiger charge is -2.11. The van der Waals surface area contributed by atoms with Gasteiger partial charge in [0, 0.05) is 19.6 Å². The molecule has 0 aromatic carbocycles. The fourth-order valence-corrected chi connectivity index (χ4v) is 2.72. The van der Waals surface area contributed by atoms with Crippen LogP contribution in [0.4, 0.5) is 5.95 Å². The molecule has 0 amide bonds. The zero-order chi connectivity index (χ0) is 11.7. The molecule has 0 bridgehead atoms. The summed E-state index contributed by atoms with van der Waals surface area (Å²) in [5, 5.41) is 6.41. The lowest BCUT2D eigenvalue weighted by atomic mass is 10.1.